The van der Waals surface area contributed by atoms with E-state index in [-0.39, 0.29) is 0 Å². The molecule has 1 aromatic carbocycles. The second kappa shape index (κ2) is 8.31. The molecular formula is C17H29N. The number of benzene rings is 1. The van der Waals surface area contributed by atoms with Crippen LogP contribution in [0.3, 0.4) is 0 Å². The molecular weight excluding hydrogens is 218 g/mol. The van der Waals surface area contributed by atoms with E-state index < -0.39 is 0 Å². The zero-order valence-corrected chi connectivity index (χ0v) is 12.3. The Balaban J connectivity index is 2.13. The van der Waals surface area contributed by atoms with Gasteiger partial charge in [-0.2, -0.15) is 0 Å². The van der Waals surface area contributed by atoms with E-state index in [0.29, 0.717) is 5.41 Å². The minimum absolute atomic E-state index is 0.436. The second-order valence-corrected chi connectivity index (χ2v) is 6.03. The topological polar surface area (TPSA) is 12.0 Å². The molecule has 0 fully saturated rings. The third kappa shape index (κ3) is 6.80. The number of rotatable bonds is 9. The van der Waals surface area contributed by atoms with Gasteiger partial charge in [0.15, 0.2) is 0 Å². The highest BCUT2D eigenvalue weighted by molar-refractivity contribution is 5.14. The van der Waals surface area contributed by atoms with Crippen LogP contribution < -0.4 is 5.32 Å². The van der Waals surface area contributed by atoms with Gasteiger partial charge >= 0.3 is 0 Å². The molecule has 0 aliphatic heterocycles. The fourth-order valence-corrected chi connectivity index (χ4v) is 2.25. The Labute approximate surface area is 113 Å². The van der Waals surface area contributed by atoms with Crippen molar-refractivity contribution in [2.75, 3.05) is 13.1 Å². The van der Waals surface area contributed by atoms with Gasteiger partial charge in [-0.3, -0.25) is 0 Å². The van der Waals surface area contributed by atoms with Crippen LogP contribution >= 0.6 is 0 Å². The predicted octanol–water partition coefficient (Wildman–Crippen LogP) is 4.43. The van der Waals surface area contributed by atoms with E-state index in [2.05, 4.69) is 56.4 Å². The number of hydrogen-bond acceptors (Lipinski definition) is 1. The van der Waals surface area contributed by atoms with Gasteiger partial charge in [-0.15, -0.1) is 0 Å². The highest BCUT2D eigenvalue weighted by Gasteiger charge is 2.16. The lowest BCUT2D eigenvalue weighted by molar-refractivity contribution is 0.303. The van der Waals surface area contributed by atoms with Gasteiger partial charge in [-0.25, -0.2) is 0 Å². The van der Waals surface area contributed by atoms with E-state index in [0.717, 1.165) is 19.5 Å². The van der Waals surface area contributed by atoms with Gasteiger partial charge in [0.1, 0.15) is 0 Å². The third-order valence-electron chi connectivity index (χ3n) is 3.49. The number of unbranched alkanes of at least 4 members (excludes halogenated alkanes) is 2. The molecule has 0 saturated carbocycles. The van der Waals surface area contributed by atoms with Crippen LogP contribution in [0.15, 0.2) is 30.3 Å². The Hall–Kier alpha value is -0.820. The molecule has 0 radical (unpaired) electrons. The van der Waals surface area contributed by atoms with Gasteiger partial charge in [0.05, 0.1) is 0 Å². The Morgan fingerprint density at radius 1 is 1.06 bits per heavy atom. The quantitative estimate of drug-likeness (QED) is 0.637. The molecule has 0 aromatic heterocycles. The normalized spacial score (nSPS) is 11.7. The van der Waals surface area contributed by atoms with Crippen LogP contribution in [0, 0.1) is 5.41 Å². The summed E-state index contributed by atoms with van der Waals surface area (Å²) < 4.78 is 0. The molecule has 1 rings (SSSR count). The summed E-state index contributed by atoms with van der Waals surface area (Å²) in [5, 5.41) is 3.60. The summed E-state index contributed by atoms with van der Waals surface area (Å²) in [5.41, 5.74) is 1.86. The van der Waals surface area contributed by atoms with E-state index in [1.807, 2.05) is 0 Å². The van der Waals surface area contributed by atoms with Crippen molar-refractivity contribution in [3.63, 3.8) is 0 Å². The second-order valence-electron chi connectivity index (χ2n) is 6.03. The standard InChI is InChI=1S/C17H29N/c1-4-5-9-13-17(2,3)15-18-14-12-16-10-7-6-8-11-16/h6-8,10-11,18H,4-5,9,12-15H2,1-3H3. The first-order valence-electron chi connectivity index (χ1n) is 7.39. The Morgan fingerprint density at radius 2 is 1.78 bits per heavy atom. The van der Waals surface area contributed by atoms with Crippen LogP contribution in [0.2, 0.25) is 0 Å². The first kappa shape index (κ1) is 15.2. The summed E-state index contributed by atoms with van der Waals surface area (Å²) in [7, 11) is 0. The summed E-state index contributed by atoms with van der Waals surface area (Å²) in [6.07, 6.45) is 6.51. The van der Waals surface area contributed by atoms with Gasteiger partial charge in [0, 0.05) is 6.54 Å². The molecule has 0 aliphatic carbocycles. The maximum absolute atomic E-state index is 3.60. The number of nitrogens with one attached hydrogen (secondary N) is 1. The maximum atomic E-state index is 3.60. The first-order chi connectivity index (χ1) is 8.64. The molecule has 0 aliphatic rings. The molecule has 0 amide bonds. The number of hydrogen-bond donors (Lipinski definition) is 1. The minimum atomic E-state index is 0.436. The van der Waals surface area contributed by atoms with Gasteiger partial charge in [-0.1, -0.05) is 70.4 Å². The lowest BCUT2D eigenvalue weighted by Crippen LogP contribution is -2.30. The summed E-state index contributed by atoms with van der Waals surface area (Å²) in [4.78, 5) is 0. The smallest absolute Gasteiger partial charge is 0.000265 e. The van der Waals surface area contributed by atoms with Crippen LogP contribution in [0.25, 0.3) is 0 Å². The Bertz CT molecular complexity index is 303. The molecule has 0 spiro atoms. The van der Waals surface area contributed by atoms with Crippen LogP contribution in [-0.2, 0) is 6.42 Å². The summed E-state index contributed by atoms with van der Waals surface area (Å²) in [5.74, 6) is 0. The van der Waals surface area contributed by atoms with Crippen molar-refractivity contribution in [2.24, 2.45) is 5.41 Å². The van der Waals surface area contributed by atoms with Crippen LogP contribution in [0.1, 0.15) is 52.0 Å². The SMILES string of the molecule is CCCCCC(C)(C)CNCCc1ccccc1. The van der Waals surface area contributed by atoms with E-state index in [1.165, 1.54) is 31.2 Å². The third-order valence-corrected chi connectivity index (χ3v) is 3.49. The summed E-state index contributed by atoms with van der Waals surface area (Å²) >= 11 is 0. The van der Waals surface area contributed by atoms with Gasteiger partial charge in [-0.05, 0) is 30.4 Å². The van der Waals surface area contributed by atoms with E-state index in [4.69, 9.17) is 0 Å². The molecule has 0 heterocycles. The molecule has 1 nitrogen and oxygen atoms in total. The molecule has 0 bridgehead atoms. The average Bonchev–Trinajstić information content (AvgIpc) is 2.36. The van der Waals surface area contributed by atoms with Crippen molar-refractivity contribution in [3.8, 4) is 0 Å². The van der Waals surface area contributed by atoms with Gasteiger partial charge < -0.3 is 5.32 Å². The van der Waals surface area contributed by atoms with E-state index in [1.54, 1.807) is 0 Å². The van der Waals surface area contributed by atoms with E-state index in [9.17, 15) is 0 Å². The van der Waals surface area contributed by atoms with Crippen molar-refractivity contribution in [1.29, 1.82) is 0 Å². The largest absolute Gasteiger partial charge is 0.316 e. The highest BCUT2D eigenvalue weighted by atomic mass is 14.9. The fraction of sp³-hybridized carbons (Fsp3) is 0.647. The average molecular weight is 247 g/mol. The van der Waals surface area contributed by atoms with Crippen molar-refractivity contribution in [3.05, 3.63) is 35.9 Å². The van der Waals surface area contributed by atoms with Gasteiger partial charge in [0.25, 0.3) is 0 Å². The fourth-order valence-electron chi connectivity index (χ4n) is 2.25. The minimum Gasteiger partial charge on any atom is -0.316 e. The zero-order chi connectivity index (χ0) is 13.3. The Morgan fingerprint density at radius 3 is 2.44 bits per heavy atom. The molecule has 0 atom stereocenters. The van der Waals surface area contributed by atoms with Crippen molar-refractivity contribution in [2.45, 2.75) is 52.9 Å². The van der Waals surface area contributed by atoms with Crippen LogP contribution in [-0.4, -0.2) is 13.1 Å². The first-order valence-corrected chi connectivity index (χ1v) is 7.39. The summed E-state index contributed by atoms with van der Waals surface area (Å²) in [6, 6.07) is 10.7. The van der Waals surface area contributed by atoms with Crippen LogP contribution in [0.5, 0.6) is 0 Å². The van der Waals surface area contributed by atoms with Crippen LogP contribution in [0.4, 0.5) is 0 Å². The lowest BCUT2D eigenvalue weighted by Gasteiger charge is -2.25. The van der Waals surface area contributed by atoms with Crippen molar-refractivity contribution in [1.82, 2.24) is 5.32 Å². The highest BCUT2D eigenvalue weighted by Crippen LogP contribution is 2.22. The molecule has 1 heteroatoms. The molecule has 18 heavy (non-hydrogen) atoms. The van der Waals surface area contributed by atoms with Crippen molar-refractivity contribution < 1.29 is 0 Å². The Kier molecular flexibility index (Phi) is 7.04. The zero-order valence-electron chi connectivity index (χ0n) is 12.3. The summed E-state index contributed by atoms with van der Waals surface area (Å²) in [6.45, 7) is 9.23. The van der Waals surface area contributed by atoms with E-state index >= 15 is 0 Å². The molecule has 0 unspecified atom stereocenters. The molecule has 0 saturated heterocycles. The van der Waals surface area contributed by atoms with Gasteiger partial charge in [0.2, 0.25) is 0 Å². The molecule has 1 aromatic rings. The molecule has 1 N–H and O–H groups in total. The molecule has 102 valence electrons. The maximum Gasteiger partial charge on any atom is 0.000265 e. The predicted molar refractivity (Wildman–Crippen MR) is 80.9 cm³/mol. The van der Waals surface area contributed by atoms with Crippen molar-refractivity contribution >= 4 is 0 Å². The lowest BCUT2D eigenvalue weighted by atomic mass is 9.87. The monoisotopic (exact) mass is 247 g/mol.